The van der Waals surface area contributed by atoms with Gasteiger partial charge in [-0.15, -0.1) is 0 Å². The first-order chi connectivity index (χ1) is 9.10. The van der Waals surface area contributed by atoms with E-state index in [1.165, 1.54) is 0 Å². The van der Waals surface area contributed by atoms with E-state index in [-0.39, 0.29) is 0 Å². The Labute approximate surface area is 111 Å². The van der Waals surface area contributed by atoms with Gasteiger partial charge in [-0.3, -0.25) is 4.79 Å². The van der Waals surface area contributed by atoms with Gasteiger partial charge >= 0.3 is 0 Å². The molecule has 0 radical (unpaired) electrons. The Hall–Kier alpha value is -2.69. The second-order valence-corrected chi connectivity index (χ2v) is 4.02. The summed E-state index contributed by atoms with van der Waals surface area (Å²) < 4.78 is 5.08. The highest BCUT2D eigenvalue weighted by molar-refractivity contribution is 5.99. The van der Waals surface area contributed by atoms with Crippen LogP contribution in [0.25, 0.3) is 0 Å². The fourth-order valence-electron chi connectivity index (χ4n) is 1.71. The van der Waals surface area contributed by atoms with Gasteiger partial charge in [0.15, 0.2) is 0 Å². The molecule has 0 aliphatic carbocycles. The van der Waals surface area contributed by atoms with Crippen LogP contribution < -0.4 is 21.5 Å². The quantitative estimate of drug-likeness (QED) is 0.732. The summed E-state index contributed by atoms with van der Waals surface area (Å²) >= 11 is 0. The molecular weight excluding hydrogens is 242 g/mol. The van der Waals surface area contributed by atoms with Gasteiger partial charge < -0.3 is 21.5 Å². The fraction of sp³-hybridized carbons (Fsp3) is 0.0714. The lowest BCUT2D eigenvalue weighted by Crippen LogP contribution is -2.13. The van der Waals surface area contributed by atoms with E-state index in [1.54, 1.807) is 25.3 Å². The number of primary amides is 1. The summed E-state index contributed by atoms with van der Waals surface area (Å²) in [5, 5.41) is 3.11. The first-order valence-electron chi connectivity index (χ1n) is 5.70. The molecule has 19 heavy (non-hydrogen) atoms. The molecule has 0 bridgehead atoms. The van der Waals surface area contributed by atoms with Crippen LogP contribution in [0.5, 0.6) is 5.75 Å². The van der Waals surface area contributed by atoms with E-state index in [4.69, 9.17) is 16.2 Å². The molecule has 1 amide bonds. The van der Waals surface area contributed by atoms with Gasteiger partial charge in [0.2, 0.25) is 0 Å². The van der Waals surface area contributed by atoms with E-state index in [0.29, 0.717) is 16.9 Å². The SMILES string of the molecule is COc1ccc(Nc2cc(N)ccc2C(N)=O)cc1. The number of hydrogen-bond donors (Lipinski definition) is 3. The maximum atomic E-state index is 11.3. The molecule has 2 aromatic carbocycles. The smallest absolute Gasteiger partial charge is 0.250 e. The van der Waals surface area contributed by atoms with E-state index >= 15 is 0 Å². The summed E-state index contributed by atoms with van der Waals surface area (Å²) in [7, 11) is 1.60. The number of methoxy groups -OCH3 is 1. The molecular formula is C14H15N3O2. The van der Waals surface area contributed by atoms with Crippen LogP contribution in [0.2, 0.25) is 0 Å². The highest BCUT2D eigenvalue weighted by Crippen LogP contribution is 2.24. The molecule has 98 valence electrons. The van der Waals surface area contributed by atoms with E-state index in [9.17, 15) is 4.79 Å². The van der Waals surface area contributed by atoms with Gasteiger partial charge in [0.25, 0.3) is 5.91 Å². The Bertz CT molecular complexity index is 594. The zero-order chi connectivity index (χ0) is 13.8. The summed E-state index contributed by atoms with van der Waals surface area (Å²) in [6.45, 7) is 0. The molecule has 0 aliphatic rings. The molecule has 0 saturated heterocycles. The van der Waals surface area contributed by atoms with Crippen LogP contribution in [-0.4, -0.2) is 13.0 Å². The molecule has 5 nitrogen and oxygen atoms in total. The van der Waals surface area contributed by atoms with Gasteiger partial charge in [-0.2, -0.15) is 0 Å². The Morgan fingerprint density at radius 3 is 2.42 bits per heavy atom. The Balaban J connectivity index is 2.31. The zero-order valence-electron chi connectivity index (χ0n) is 10.5. The van der Waals surface area contributed by atoms with Gasteiger partial charge in [0.1, 0.15) is 5.75 Å². The number of carbonyl (C=O) groups is 1. The lowest BCUT2D eigenvalue weighted by atomic mass is 10.1. The van der Waals surface area contributed by atoms with Crippen molar-refractivity contribution in [2.45, 2.75) is 0 Å². The first-order valence-corrected chi connectivity index (χ1v) is 5.70. The fourth-order valence-corrected chi connectivity index (χ4v) is 1.71. The van der Waals surface area contributed by atoms with Crippen molar-refractivity contribution in [3.63, 3.8) is 0 Å². The monoisotopic (exact) mass is 257 g/mol. The number of nitrogens with one attached hydrogen (secondary N) is 1. The first kappa shape index (κ1) is 12.8. The maximum absolute atomic E-state index is 11.3. The number of amides is 1. The van der Waals surface area contributed by atoms with Gasteiger partial charge in [-0.1, -0.05) is 0 Å². The Morgan fingerprint density at radius 1 is 1.16 bits per heavy atom. The molecule has 0 atom stereocenters. The summed E-state index contributed by atoms with van der Waals surface area (Å²) in [6.07, 6.45) is 0. The van der Waals surface area contributed by atoms with E-state index in [1.807, 2.05) is 24.3 Å². The molecule has 0 unspecified atom stereocenters. The number of anilines is 3. The number of rotatable bonds is 4. The minimum Gasteiger partial charge on any atom is -0.497 e. The third-order valence-corrected chi connectivity index (χ3v) is 2.68. The molecule has 0 aromatic heterocycles. The third-order valence-electron chi connectivity index (χ3n) is 2.68. The third kappa shape index (κ3) is 2.95. The second-order valence-electron chi connectivity index (χ2n) is 4.02. The number of benzene rings is 2. The van der Waals surface area contributed by atoms with Gasteiger partial charge in [-0.05, 0) is 42.5 Å². The van der Waals surface area contributed by atoms with Gasteiger partial charge in [-0.25, -0.2) is 0 Å². The molecule has 0 spiro atoms. The molecule has 0 heterocycles. The minimum atomic E-state index is -0.504. The number of nitrogen functional groups attached to an aromatic ring is 1. The van der Waals surface area contributed by atoms with Gasteiger partial charge in [0, 0.05) is 11.4 Å². The van der Waals surface area contributed by atoms with Crippen molar-refractivity contribution in [3.8, 4) is 5.75 Å². The van der Waals surface area contributed by atoms with E-state index < -0.39 is 5.91 Å². The Morgan fingerprint density at radius 2 is 1.84 bits per heavy atom. The molecule has 2 rings (SSSR count). The molecule has 5 N–H and O–H groups in total. The van der Waals surface area contributed by atoms with Crippen LogP contribution in [0.4, 0.5) is 17.1 Å². The van der Waals surface area contributed by atoms with Crippen molar-refractivity contribution < 1.29 is 9.53 Å². The van der Waals surface area contributed by atoms with Crippen LogP contribution >= 0.6 is 0 Å². The summed E-state index contributed by atoms with van der Waals surface area (Å²) in [4.78, 5) is 11.3. The second kappa shape index (κ2) is 5.30. The lowest BCUT2D eigenvalue weighted by molar-refractivity contribution is 0.100. The topological polar surface area (TPSA) is 90.4 Å². The van der Waals surface area contributed by atoms with Crippen LogP contribution in [0.1, 0.15) is 10.4 Å². The van der Waals surface area contributed by atoms with Crippen molar-refractivity contribution in [2.75, 3.05) is 18.2 Å². The predicted octanol–water partition coefficient (Wildman–Crippen LogP) is 2.12. The number of carbonyl (C=O) groups excluding carboxylic acids is 1. The normalized spacial score (nSPS) is 9.95. The van der Waals surface area contributed by atoms with Crippen molar-refractivity contribution in [1.82, 2.24) is 0 Å². The summed E-state index contributed by atoms with van der Waals surface area (Å²) in [5.74, 6) is 0.254. The average molecular weight is 257 g/mol. The number of nitrogens with two attached hydrogens (primary N) is 2. The zero-order valence-corrected chi connectivity index (χ0v) is 10.5. The maximum Gasteiger partial charge on any atom is 0.250 e. The van der Waals surface area contributed by atoms with Crippen molar-refractivity contribution >= 4 is 23.0 Å². The van der Waals surface area contributed by atoms with Crippen LogP contribution in [-0.2, 0) is 0 Å². The standard InChI is InChI=1S/C14H15N3O2/c1-19-11-5-3-10(4-6-11)17-13-8-9(15)2-7-12(13)14(16)18/h2-8,17H,15H2,1H3,(H2,16,18). The Kier molecular flexibility index (Phi) is 3.56. The largest absolute Gasteiger partial charge is 0.497 e. The van der Waals surface area contributed by atoms with Gasteiger partial charge in [0.05, 0.1) is 18.4 Å². The van der Waals surface area contributed by atoms with E-state index in [0.717, 1.165) is 11.4 Å². The molecule has 0 saturated carbocycles. The van der Waals surface area contributed by atoms with Crippen molar-refractivity contribution in [3.05, 3.63) is 48.0 Å². The molecule has 0 fully saturated rings. The molecule has 0 aliphatic heterocycles. The number of hydrogen-bond acceptors (Lipinski definition) is 4. The minimum absolute atomic E-state index is 0.394. The van der Waals surface area contributed by atoms with Crippen LogP contribution in [0.3, 0.4) is 0 Å². The lowest BCUT2D eigenvalue weighted by Gasteiger charge is -2.11. The predicted molar refractivity (Wildman–Crippen MR) is 75.6 cm³/mol. The average Bonchev–Trinajstić information content (AvgIpc) is 2.39. The summed E-state index contributed by atoms with van der Waals surface area (Å²) in [6, 6.07) is 12.2. The van der Waals surface area contributed by atoms with E-state index in [2.05, 4.69) is 5.32 Å². The molecule has 5 heteroatoms. The number of ether oxygens (including phenoxy) is 1. The summed E-state index contributed by atoms with van der Waals surface area (Å²) in [5.41, 5.74) is 13.4. The molecule has 2 aromatic rings. The van der Waals surface area contributed by atoms with Crippen LogP contribution in [0.15, 0.2) is 42.5 Å². The highest BCUT2D eigenvalue weighted by Gasteiger charge is 2.08. The highest BCUT2D eigenvalue weighted by atomic mass is 16.5. The van der Waals surface area contributed by atoms with Crippen molar-refractivity contribution in [2.24, 2.45) is 5.73 Å². The van der Waals surface area contributed by atoms with Crippen molar-refractivity contribution in [1.29, 1.82) is 0 Å². The van der Waals surface area contributed by atoms with Crippen LogP contribution in [0, 0.1) is 0 Å².